The average Bonchev–Trinajstić information content (AvgIpc) is 2.04. The molecule has 0 aromatic heterocycles. The van der Waals surface area contributed by atoms with Crippen LogP contribution in [0.3, 0.4) is 0 Å². The zero-order valence-electron chi connectivity index (χ0n) is 8.21. The van der Waals surface area contributed by atoms with Crippen LogP contribution in [-0.4, -0.2) is 23.5 Å². The van der Waals surface area contributed by atoms with Gasteiger partial charge in [0.25, 0.3) is 0 Å². The monoisotopic (exact) mass is 165 g/mol. The molecule has 1 heteroatoms. The Morgan fingerprint density at radius 3 is 2.42 bits per heavy atom. The molecule has 0 aliphatic carbocycles. The Hall–Kier alpha value is -0.480. The highest BCUT2D eigenvalue weighted by molar-refractivity contribution is 4.88. The predicted octanol–water partition coefficient (Wildman–Crippen LogP) is 2.27. The van der Waals surface area contributed by atoms with E-state index in [1.165, 1.54) is 19.3 Å². The molecule has 1 heterocycles. The Morgan fingerprint density at radius 1 is 1.33 bits per heavy atom. The summed E-state index contributed by atoms with van der Waals surface area (Å²) in [5.74, 6) is 2.71. The molecule has 0 N–H and O–H groups in total. The number of hydrogen-bond donors (Lipinski definition) is 0. The zero-order chi connectivity index (χ0) is 8.97. The third-order valence-electron chi connectivity index (χ3n) is 2.89. The van der Waals surface area contributed by atoms with Crippen molar-refractivity contribution in [3.05, 3.63) is 0 Å². The van der Waals surface area contributed by atoms with E-state index in [2.05, 4.69) is 24.7 Å². The summed E-state index contributed by atoms with van der Waals surface area (Å²) in [5, 5.41) is 0. The first-order valence-electron chi connectivity index (χ1n) is 4.95. The Morgan fingerprint density at radius 2 is 1.92 bits per heavy atom. The van der Waals surface area contributed by atoms with Crippen molar-refractivity contribution in [1.29, 1.82) is 0 Å². The standard InChI is InChI=1S/C11H19N/c1-4-5-9-12-10(2)7-6-8-11(12)3/h1,10-11H,5-9H2,2-3H3. The van der Waals surface area contributed by atoms with Gasteiger partial charge >= 0.3 is 0 Å². The first-order chi connectivity index (χ1) is 5.75. The predicted molar refractivity (Wildman–Crippen MR) is 52.9 cm³/mol. The maximum atomic E-state index is 5.26. The van der Waals surface area contributed by atoms with E-state index in [9.17, 15) is 0 Å². The lowest BCUT2D eigenvalue weighted by Gasteiger charge is -2.38. The van der Waals surface area contributed by atoms with Crippen LogP contribution < -0.4 is 0 Å². The van der Waals surface area contributed by atoms with E-state index in [0.29, 0.717) is 0 Å². The highest BCUT2D eigenvalue weighted by Crippen LogP contribution is 2.22. The van der Waals surface area contributed by atoms with Gasteiger partial charge in [0.05, 0.1) is 0 Å². The minimum Gasteiger partial charge on any atom is -0.297 e. The lowest BCUT2D eigenvalue weighted by Crippen LogP contribution is -2.43. The molecule has 0 radical (unpaired) electrons. The summed E-state index contributed by atoms with van der Waals surface area (Å²) < 4.78 is 0. The second-order valence-electron chi connectivity index (χ2n) is 3.82. The smallest absolute Gasteiger partial charge is 0.0214 e. The van der Waals surface area contributed by atoms with Crippen molar-refractivity contribution in [3.63, 3.8) is 0 Å². The molecule has 12 heavy (non-hydrogen) atoms. The van der Waals surface area contributed by atoms with Gasteiger partial charge in [-0.2, -0.15) is 0 Å². The SMILES string of the molecule is C#CCCN1C(C)CCCC1C. The van der Waals surface area contributed by atoms with E-state index < -0.39 is 0 Å². The number of likely N-dealkylation sites (tertiary alicyclic amines) is 1. The number of piperidine rings is 1. The van der Waals surface area contributed by atoms with Gasteiger partial charge in [-0.3, -0.25) is 4.90 Å². The minimum atomic E-state index is 0.738. The van der Waals surface area contributed by atoms with E-state index >= 15 is 0 Å². The molecule has 0 aromatic carbocycles. The van der Waals surface area contributed by atoms with E-state index in [1.54, 1.807) is 0 Å². The van der Waals surface area contributed by atoms with E-state index in [1.807, 2.05) is 0 Å². The molecule has 1 saturated heterocycles. The molecule has 1 fully saturated rings. The number of nitrogens with zero attached hydrogens (tertiary/aromatic N) is 1. The summed E-state index contributed by atoms with van der Waals surface area (Å²) >= 11 is 0. The number of rotatable bonds is 2. The number of hydrogen-bond acceptors (Lipinski definition) is 1. The van der Waals surface area contributed by atoms with Gasteiger partial charge in [-0.25, -0.2) is 0 Å². The average molecular weight is 165 g/mol. The Balaban J connectivity index is 2.41. The van der Waals surface area contributed by atoms with Crippen LogP contribution in [0.5, 0.6) is 0 Å². The van der Waals surface area contributed by atoms with Crippen LogP contribution in [-0.2, 0) is 0 Å². The van der Waals surface area contributed by atoms with Crippen molar-refractivity contribution >= 4 is 0 Å². The van der Waals surface area contributed by atoms with Crippen molar-refractivity contribution in [2.45, 2.75) is 51.6 Å². The molecule has 1 nitrogen and oxygen atoms in total. The van der Waals surface area contributed by atoms with E-state index in [-0.39, 0.29) is 0 Å². The molecular weight excluding hydrogens is 146 g/mol. The fourth-order valence-electron chi connectivity index (χ4n) is 2.11. The summed E-state index contributed by atoms with van der Waals surface area (Å²) in [6.07, 6.45) is 10.2. The molecule has 1 aliphatic rings. The molecule has 1 rings (SSSR count). The summed E-state index contributed by atoms with van der Waals surface area (Å²) in [5.41, 5.74) is 0. The van der Waals surface area contributed by atoms with Crippen LogP contribution in [0.4, 0.5) is 0 Å². The van der Waals surface area contributed by atoms with Gasteiger partial charge in [-0.15, -0.1) is 12.3 Å². The van der Waals surface area contributed by atoms with Crippen LogP contribution >= 0.6 is 0 Å². The van der Waals surface area contributed by atoms with Gasteiger partial charge in [0.2, 0.25) is 0 Å². The summed E-state index contributed by atoms with van der Waals surface area (Å²) in [6, 6.07) is 1.48. The molecule has 1 aliphatic heterocycles. The van der Waals surface area contributed by atoms with Crippen LogP contribution in [0.1, 0.15) is 39.5 Å². The highest BCUT2D eigenvalue weighted by atomic mass is 15.2. The van der Waals surface area contributed by atoms with Crippen LogP contribution in [0.2, 0.25) is 0 Å². The molecule has 2 atom stereocenters. The lowest BCUT2D eigenvalue weighted by atomic mass is 9.97. The number of terminal acetylenes is 1. The third-order valence-corrected chi connectivity index (χ3v) is 2.89. The van der Waals surface area contributed by atoms with Crippen molar-refractivity contribution in [2.24, 2.45) is 0 Å². The molecule has 0 bridgehead atoms. The van der Waals surface area contributed by atoms with Gasteiger partial charge < -0.3 is 0 Å². The summed E-state index contributed by atoms with van der Waals surface area (Å²) in [6.45, 7) is 5.71. The fraction of sp³-hybridized carbons (Fsp3) is 0.818. The minimum absolute atomic E-state index is 0.738. The van der Waals surface area contributed by atoms with E-state index in [4.69, 9.17) is 6.42 Å². The fourth-order valence-corrected chi connectivity index (χ4v) is 2.11. The van der Waals surface area contributed by atoms with Gasteiger partial charge in [0.15, 0.2) is 0 Å². The molecule has 0 aromatic rings. The summed E-state index contributed by atoms with van der Waals surface area (Å²) in [4.78, 5) is 2.54. The molecule has 0 amide bonds. The molecule has 2 unspecified atom stereocenters. The Kier molecular flexibility index (Phi) is 3.62. The van der Waals surface area contributed by atoms with Crippen molar-refractivity contribution in [3.8, 4) is 12.3 Å². The maximum absolute atomic E-state index is 5.26. The van der Waals surface area contributed by atoms with Crippen LogP contribution in [0.25, 0.3) is 0 Å². The van der Waals surface area contributed by atoms with Crippen molar-refractivity contribution in [1.82, 2.24) is 4.90 Å². The Bertz CT molecular complexity index is 158. The van der Waals surface area contributed by atoms with Crippen LogP contribution in [0.15, 0.2) is 0 Å². The van der Waals surface area contributed by atoms with Crippen LogP contribution in [0, 0.1) is 12.3 Å². The van der Waals surface area contributed by atoms with E-state index in [0.717, 1.165) is 25.0 Å². The Labute approximate surface area is 76.1 Å². The zero-order valence-corrected chi connectivity index (χ0v) is 8.21. The quantitative estimate of drug-likeness (QED) is 0.567. The van der Waals surface area contributed by atoms with Crippen molar-refractivity contribution < 1.29 is 0 Å². The second-order valence-corrected chi connectivity index (χ2v) is 3.82. The second kappa shape index (κ2) is 4.52. The summed E-state index contributed by atoms with van der Waals surface area (Å²) in [7, 11) is 0. The van der Waals surface area contributed by atoms with Gasteiger partial charge in [0.1, 0.15) is 0 Å². The van der Waals surface area contributed by atoms with Gasteiger partial charge in [0, 0.05) is 25.0 Å². The molecular formula is C11H19N. The largest absolute Gasteiger partial charge is 0.297 e. The lowest BCUT2D eigenvalue weighted by molar-refractivity contribution is 0.107. The first-order valence-corrected chi connectivity index (χ1v) is 4.95. The topological polar surface area (TPSA) is 3.24 Å². The van der Waals surface area contributed by atoms with Gasteiger partial charge in [-0.1, -0.05) is 6.42 Å². The van der Waals surface area contributed by atoms with Gasteiger partial charge in [-0.05, 0) is 26.7 Å². The molecule has 0 saturated carbocycles. The normalized spacial score (nSPS) is 31.4. The third kappa shape index (κ3) is 2.25. The first kappa shape index (κ1) is 9.61. The highest BCUT2D eigenvalue weighted by Gasteiger charge is 2.23. The molecule has 0 spiro atoms. The molecule has 68 valence electrons. The van der Waals surface area contributed by atoms with Crippen molar-refractivity contribution in [2.75, 3.05) is 6.54 Å². The maximum Gasteiger partial charge on any atom is 0.0214 e.